The fraction of sp³-hybridized carbons (Fsp3) is 0.450. The van der Waals surface area contributed by atoms with Gasteiger partial charge in [0.25, 0.3) is 0 Å². The summed E-state index contributed by atoms with van der Waals surface area (Å²) in [6, 6.07) is 9.83. The number of nitrogens with one attached hydrogen (secondary N) is 2. The highest BCUT2D eigenvalue weighted by atomic mass is 16.6. The molecular formula is C20H27N5O3. The van der Waals surface area contributed by atoms with Gasteiger partial charge in [-0.2, -0.15) is 0 Å². The lowest BCUT2D eigenvalue weighted by Gasteiger charge is -2.31. The Balaban J connectivity index is 1.63. The number of likely N-dealkylation sites (tertiary alicyclic amines) is 1. The summed E-state index contributed by atoms with van der Waals surface area (Å²) in [5.74, 6) is 2.88. The van der Waals surface area contributed by atoms with Crippen LogP contribution in [0.25, 0.3) is 0 Å². The first kappa shape index (κ1) is 19.7. The number of para-hydroxylation sites is 2. The van der Waals surface area contributed by atoms with Crippen molar-refractivity contribution >= 4 is 23.4 Å². The van der Waals surface area contributed by atoms with Crippen molar-refractivity contribution in [2.45, 2.75) is 32.7 Å². The minimum Gasteiger partial charge on any atom is -0.495 e. The molecule has 1 aliphatic heterocycles. The average molecular weight is 385 g/mol. The predicted octanol–water partition coefficient (Wildman–Crippen LogP) is 3.57. The zero-order chi connectivity index (χ0) is 19.9. The molecule has 150 valence electrons. The molecule has 0 atom stereocenters. The van der Waals surface area contributed by atoms with E-state index in [4.69, 9.17) is 9.47 Å². The zero-order valence-corrected chi connectivity index (χ0v) is 16.6. The Morgan fingerprint density at radius 3 is 2.64 bits per heavy atom. The number of piperidine rings is 1. The molecule has 8 nitrogen and oxygen atoms in total. The number of hydrogen-bond donors (Lipinski definition) is 2. The summed E-state index contributed by atoms with van der Waals surface area (Å²) in [6.07, 6.45) is 1.45. The van der Waals surface area contributed by atoms with Crippen LogP contribution in [0.2, 0.25) is 0 Å². The number of carbonyl (C=O) groups excluding carboxylic acids is 1. The smallest absolute Gasteiger partial charge is 0.409 e. The molecular weight excluding hydrogens is 358 g/mol. The Labute approximate surface area is 165 Å². The van der Waals surface area contributed by atoms with Gasteiger partial charge in [-0.25, -0.2) is 14.8 Å². The highest BCUT2D eigenvalue weighted by molar-refractivity contribution is 5.68. The molecule has 1 fully saturated rings. The van der Waals surface area contributed by atoms with Gasteiger partial charge in [-0.3, -0.25) is 0 Å². The van der Waals surface area contributed by atoms with E-state index in [-0.39, 0.29) is 12.1 Å². The largest absolute Gasteiger partial charge is 0.495 e. The summed E-state index contributed by atoms with van der Waals surface area (Å²) in [4.78, 5) is 22.5. The first-order valence-corrected chi connectivity index (χ1v) is 9.53. The molecule has 2 N–H and O–H groups in total. The summed E-state index contributed by atoms with van der Waals surface area (Å²) in [6.45, 7) is 5.43. The molecule has 0 radical (unpaired) electrons. The number of benzene rings is 1. The van der Waals surface area contributed by atoms with E-state index in [0.29, 0.717) is 31.3 Å². The third kappa shape index (κ3) is 5.03. The molecule has 2 aromatic rings. The first-order chi connectivity index (χ1) is 13.6. The van der Waals surface area contributed by atoms with Crippen molar-refractivity contribution in [2.24, 2.45) is 0 Å². The number of hydrogen-bond acceptors (Lipinski definition) is 7. The average Bonchev–Trinajstić information content (AvgIpc) is 2.69. The van der Waals surface area contributed by atoms with Crippen molar-refractivity contribution in [2.75, 3.05) is 37.4 Å². The Bertz CT molecular complexity index is 806. The van der Waals surface area contributed by atoms with Gasteiger partial charge in [-0.15, -0.1) is 0 Å². The standard InChI is InChI=1S/C20H27N5O3/c1-4-28-20(26)25-11-9-15(10-12-25)23-18-13-19(22-14(2)21-18)24-16-7-5-6-8-17(16)27-3/h5-8,13,15H,4,9-12H2,1-3H3,(H2,21,22,23,24). The van der Waals surface area contributed by atoms with Crippen LogP contribution in [0.3, 0.4) is 0 Å². The van der Waals surface area contributed by atoms with E-state index in [0.717, 1.165) is 30.1 Å². The van der Waals surface area contributed by atoms with Gasteiger partial charge in [-0.1, -0.05) is 12.1 Å². The van der Waals surface area contributed by atoms with E-state index < -0.39 is 0 Å². The Morgan fingerprint density at radius 2 is 1.93 bits per heavy atom. The van der Waals surface area contributed by atoms with Gasteiger partial charge >= 0.3 is 6.09 Å². The lowest BCUT2D eigenvalue weighted by atomic mass is 10.1. The van der Waals surface area contributed by atoms with Crippen molar-refractivity contribution in [3.63, 3.8) is 0 Å². The molecule has 1 aromatic carbocycles. The Kier molecular flexibility index (Phi) is 6.52. The minimum atomic E-state index is -0.234. The van der Waals surface area contributed by atoms with Crippen LogP contribution in [-0.2, 0) is 4.74 Å². The van der Waals surface area contributed by atoms with Crippen LogP contribution in [-0.4, -0.2) is 53.8 Å². The fourth-order valence-electron chi connectivity index (χ4n) is 3.22. The molecule has 0 saturated carbocycles. The fourth-order valence-corrected chi connectivity index (χ4v) is 3.22. The number of anilines is 3. The second-order valence-electron chi connectivity index (χ2n) is 6.62. The lowest BCUT2D eigenvalue weighted by Crippen LogP contribution is -2.42. The monoisotopic (exact) mass is 385 g/mol. The second-order valence-corrected chi connectivity index (χ2v) is 6.62. The van der Waals surface area contributed by atoms with Crippen molar-refractivity contribution in [1.29, 1.82) is 0 Å². The third-order valence-corrected chi connectivity index (χ3v) is 4.58. The maximum Gasteiger partial charge on any atom is 0.409 e. The van der Waals surface area contributed by atoms with Crippen LogP contribution in [0, 0.1) is 6.92 Å². The van der Waals surface area contributed by atoms with Gasteiger partial charge in [0, 0.05) is 25.2 Å². The van der Waals surface area contributed by atoms with E-state index in [2.05, 4.69) is 20.6 Å². The van der Waals surface area contributed by atoms with Gasteiger partial charge in [-0.05, 0) is 38.8 Å². The molecule has 8 heteroatoms. The zero-order valence-electron chi connectivity index (χ0n) is 16.6. The van der Waals surface area contributed by atoms with Crippen LogP contribution in [0.15, 0.2) is 30.3 Å². The molecule has 1 aliphatic rings. The number of ether oxygens (including phenoxy) is 2. The highest BCUT2D eigenvalue weighted by Gasteiger charge is 2.23. The van der Waals surface area contributed by atoms with Crippen molar-refractivity contribution in [3.05, 3.63) is 36.2 Å². The van der Waals surface area contributed by atoms with Crippen LogP contribution >= 0.6 is 0 Å². The molecule has 0 spiro atoms. The number of aryl methyl sites for hydroxylation is 1. The maximum absolute atomic E-state index is 11.8. The minimum absolute atomic E-state index is 0.234. The van der Waals surface area contributed by atoms with Crippen LogP contribution in [0.5, 0.6) is 5.75 Å². The lowest BCUT2D eigenvalue weighted by molar-refractivity contribution is 0.0983. The third-order valence-electron chi connectivity index (χ3n) is 4.58. The van der Waals surface area contributed by atoms with E-state index >= 15 is 0 Å². The summed E-state index contributed by atoms with van der Waals surface area (Å²) >= 11 is 0. The molecule has 1 amide bonds. The van der Waals surface area contributed by atoms with Crippen LogP contribution in [0.4, 0.5) is 22.1 Å². The number of aromatic nitrogens is 2. The number of carbonyl (C=O) groups is 1. The maximum atomic E-state index is 11.8. The highest BCUT2D eigenvalue weighted by Crippen LogP contribution is 2.27. The molecule has 0 aliphatic carbocycles. The molecule has 1 saturated heterocycles. The van der Waals surface area contributed by atoms with Crippen molar-refractivity contribution in [1.82, 2.24) is 14.9 Å². The number of nitrogens with zero attached hydrogens (tertiary/aromatic N) is 3. The number of rotatable bonds is 6. The molecule has 0 bridgehead atoms. The van der Waals surface area contributed by atoms with Gasteiger partial charge in [0.05, 0.1) is 19.4 Å². The summed E-state index contributed by atoms with van der Waals surface area (Å²) in [5, 5.41) is 6.76. The van der Waals surface area contributed by atoms with Crippen molar-refractivity contribution < 1.29 is 14.3 Å². The van der Waals surface area contributed by atoms with Gasteiger partial charge < -0.3 is 25.0 Å². The van der Waals surface area contributed by atoms with Gasteiger partial charge in [0.1, 0.15) is 23.2 Å². The summed E-state index contributed by atoms with van der Waals surface area (Å²) in [5.41, 5.74) is 0.844. The molecule has 2 heterocycles. The summed E-state index contributed by atoms with van der Waals surface area (Å²) in [7, 11) is 1.64. The number of amides is 1. The van der Waals surface area contributed by atoms with Gasteiger partial charge in [0.2, 0.25) is 0 Å². The Morgan fingerprint density at radius 1 is 1.21 bits per heavy atom. The molecule has 0 unspecified atom stereocenters. The molecule has 1 aromatic heterocycles. The van der Waals surface area contributed by atoms with E-state index in [1.165, 1.54) is 0 Å². The second kappa shape index (κ2) is 9.25. The quantitative estimate of drug-likeness (QED) is 0.786. The van der Waals surface area contributed by atoms with Gasteiger partial charge in [0.15, 0.2) is 0 Å². The normalized spacial score (nSPS) is 14.5. The van der Waals surface area contributed by atoms with Crippen molar-refractivity contribution in [3.8, 4) is 5.75 Å². The number of methoxy groups -OCH3 is 1. The first-order valence-electron chi connectivity index (χ1n) is 9.53. The van der Waals surface area contributed by atoms with E-state index in [1.54, 1.807) is 12.0 Å². The van der Waals surface area contributed by atoms with Crippen LogP contribution < -0.4 is 15.4 Å². The summed E-state index contributed by atoms with van der Waals surface area (Å²) < 4.78 is 10.5. The molecule has 28 heavy (non-hydrogen) atoms. The predicted molar refractivity (Wildman–Crippen MR) is 108 cm³/mol. The van der Waals surface area contributed by atoms with Crippen LogP contribution in [0.1, 0.15) is 25.6 Å². The van der Waals surface area contributed by atoms with E-state index in [9.17, 15) is 4.79 Å². The SMILES string of the molecule is CCOC(=O)N1CCC(Nc2cc(Nc3ccccc3OC)nc(C)n2)CC1. The van der Waals surface area contributed by atoms with E-state index in [1.807, 2.05) is 44.2 Å². The molecule has 3 rings (SSSR count). The Hall–Kier alpha value is -3.03. The topological polar surface area (TPSA) is 88.6 Å².